The highest BCUT2D eigenvalue weighted by Crippen LogP contribution is 2.41. The van der Waals surface area contributed by atoms with Crippen molar-refractivity contribution in [3.63, 3.8) is 0 Å². The van der Waals surface area contributed by atoms with Crippen molar-refractivity contribution >= 4 is 39.1 Å². The largest absolute Gasteiger partial charge is 0.489 e. The summed E-state index contributed by atoms with van der Waals surface area (Å²) in [6.45, 7) is 6.86. The monoisotopic (exact) mass is 435 g/mol. The molecule has 2 atom stereocenters. The van der Waals surface area contributed by atoms with Crippen LogP contribution in [0.3, 0.4) is 0 Å². The Hall–Kier alpha value is -2.93. The van der Waals surface area contributed by atoms with Crippen molar-refractivity contribution in [3.8, 4) is 16.9 Å². The molecule has 5 rings (SSSR count). The molecule has 1 saturated heterocycles. The molecular formula is C24H25N3O3S. The molecular weight excluding hydrogens is 410 g/mol. The van der Waals surface area contributed by atoms with Gasteiger partial charge in [0.15, 0.2) is 0 Å². The fourth-order valence-electron chi connectivity index (χ4n) is 4.56. The molecule has 7 heteroatoms. The summed E-state index contributed by atoms with van der Waals surface area (Å²) in [6.07, 6.45) is 0.883. The first-order valence-electron chi connectivity index (χ1n) is 10.6. The van der Waals surface area contributed by atoms with E-state index in [-0.39, 0.29) is 29.3 Å². The Kier molecular flexibility index (Phi) is 4.73. The number of aromatic nitrogens is 1. The van der Waals surface area contributed by atoms with E-state index in [2.05, 4.69) is 47.7 Å². The molecule has 0 radical (unpaired) electrons. The summed E-state index contributed by atoms with van der Waals surface area (Å²) in [4.78, 5) is 28.3. The van der Waals surface area contributed by atoms with Gasteiger partial charge in [0.05, 0.1) is 15.7 Å². The second-order valence-corrected chi connectivity index (χ2v) is 9.99. The number of hydrogen-bond donors (Lipinski definition) is 2. The predicted molar refractivity (Wildman–Crippen MR) is 123 cm³/mol. The standard InChI is InChI=1S/C24H25N3O3S/c1-13(16-9-21(28)25-11-16)30-20-8-15(7-19-23(20)31-12-26-19)14-4-5-17-18(6-14)27-22(29)10-24(17,2)3/h4-8,12-13,16H,9-11H2,1-3H3,(H,25,28)(H,27,29). The van der Waals surface area contributed by atoms with Gasteiger partial charge in [-0.1, -0.05) is 26.0 Å². The zero-order chi connectivity index (χ0) is 21.8. The van der Waals surface area contributed by atoms with Crippen LogP contribution in [0.4, 0.5) is 5.69 Å². The van der Waals surface area contributed by atoms with Crippen molar-refractivity contribution in [3.05, 3.63) is 41.4 Å². The van der Waals surface area contributed by atoms with E-state index < -0.39 is 0 Å². The minimum atomic E-state index is -0.189. The lowest BCUT2D eigenvalue weighted by atomic mass is 9.77. The summed E-state index contributed by atoms with van der Waals surface area (Å²) >= 11 is 1.55. The number of rotatable bonds is 4. The van der Waals surface area contributed by atoms with Crippen LogP contribution >= 0.6 is 11.3 Å². The van der Waals surface area contributed by atoms with Gasteiger partial charge in [-0.05, 0) is 41.8 Å². The summed E-state index contributed by atoms with van der Waals surface area (Å²) in [6, 6.07) is 10.3. The van der Waals surface area contributed by atoms with E-state index in [1.807, 2.05) is 24.6 Å². The summed E-state index contributed by atoms with van der Waals surface area (Å²) in [5, 5.41) is 5.90. The summed E-state index contributed by atoms with van der Waals surface area (Å²) in [7, 11) is 0. The Bertz CT molecular complexity index is 1200. The number of ether oxygens (including phenoxy) is 1. The Balaban J connectivity index is 1.52. The van der Waals surface area contributed by atoms with Crippen molar-refractivity contribution < 1.29 is 14.3 Å². The van der Waals surface area contributed by atoms with Gasteiger partial charge in [-0.2, -0.15) is 0 Å². The number of nitrogens with one attached hydrogen (secondary N) is 2. The third-order valence-electron chi connectivity index (χ3n) is 6.34. The van der Waals surface area contributed by atoms with Gasteiger partial charge in [-0.25, -0.2) is 4.98 Å². The number of benzene rings is 2. The maximum Gasteiger partial charge on any atom is 0.225 e. The van der Waals surface area contributed by atoms with Crippen LogP contribution in [-0.4, -0.2) is 29.4 Å². The van der Waals surface area contributed by atoms with Crippen molar-refractivity contribution in [2.24, 2.45) is 5.92 Å². The first-order valence-corrected chi connectivity index (χ1v) is 11.4. The molecule has 1 aromatic heterocycles. The van der Waals surface area contributed by atoms with Gasteiger partial charge in [-0.15, -0.1) is 11.3 Å². The lowest BCUT2D eigenvalue weighted by molar-refractivity contribution is -0.119. The van der Waals surface area contributed by atoms with Gasteiger partial charge in [-0.3, -0.25) is 9.59 Å². The van der Waals surface area contributed by atoms with Gasteiger partial charge in [0.25, 0.3) is 0 Å². The van der Waals surface area contributed by atoms with Crippen LogP contribution in [0.25, 0.3) is 21.3 Å². The lowest BCUT2D eigenvalue weighted by Gasteiger charge is -2.32. The first-order chi connectivity index (χ1) is 14.8. The number of fused-ring (bicyclic) bond motifs is 2. The minimum absolute atomic E-state index is 0.0437. The molecule has 6 nitrogen and oxygen atoms in total. The van der Waals surface area contributed by atoms with E-state index in [4.69, 9.17) is 4.74 Å². The molecule has 2 unspecified atom stereocenters. The highest BCUT2D eigenvalue weighted by atomic mass is 32.1. The maximum atomic E-state index is 12.2. The Morgan fingerprint density at radius 3 is 2.77 bits per heavy atom. The number of carbonyl (C=O) groups is 2. The number of nitrogens with zero attached hydrogens (tertiary/aromatic N) is 1. The van der Waals surface area contributed by atoms with Crippen LogP contribution in [0.5, 0.6) is 5.75 Å². The molecule has 0 bridgehead atoms. The van der Waals surface area contributed by atoms with E-state index in [9.17, 15) is 9.59 Å². The lowest BCUT2D eigenvalue weighted by Crippen LogP contribution is -2.32. The van der Waals surface area contributed by atoms with E-state index in [1.165, 1.54) is 0 Å². The molecule has 0 spiro atoms. The number of anilines is 1. The van der Waals surface area contributed by atoms with Crippen LogP contribution in [0.15, 0.2) is 35.8 Å². The SMILES string of the molecule is CC(Oc1cc(-c2ccc3c(c2)NC(=O)CC3(C)C)cc2ncsc12)C1CNC(=O)C1. The van der Waals surface area contributed by atoms with Crippen molar-refractivity contribution in [1.82, 2.24) is 10.3 Å². The highest BCUT2D eigenvalue weighted by Gasteiger charge is 2.32. The van der Waals surface area contributed by atoms with Crippen LogP contribution in [0.2, 0.25) is 0 Å². The van der Waals surface area contributed by atoms with E-state index in [1.54, 1.807) is 11.3 Å². The molecule has 2 aromatic carbocycles. The number of carbonyl (C=O) groups excluding carboxylic acids is 2. The molecule has 2 aliphatic heterocycles. The molecule has 31 heavy (non-hydrogen) atoms. The molecule has 1 fully saturated rings. The summed E-state index contributed by atoms with van der Waals surface area (Å²) < 4.78 is 7.35. The minimum Gasteiger partial charge on any atom is -0.489 e. The second kappa shape index (κ2) is 7.34. The van der Waals surface area contributed by atoms with Crippen molar-refractivity contribution in [2.75, 3.05) is 11.9 Å². The molecule has 3 aromatic rings. The first kappa shape index (κ1) is 20.0. The van der Waals surface area contributed by atoms with Gasteiger partial charge in [0, 0.05) is 36.4 Å². The zero-order valence-corrected chi connectivity index (χ0v) is 18.6. The maximum absolute atomic E-state index is 12.2. The van der Waals surface area contributed by atoms with Gasteiger partial charge in [0.2, 0.25) is 11.8 Å². The molecule has 160 valence electrons. The Morgan fingerprint density at radius 1 is 1.16 bits per heavy atom. The fourth-order valence-corrected chi connectivity index (χ4v) is 5.28. The average Bonchev–Trinajstić information content (AvgIpc) is 3.35. The Morgan fingerprint density at radius 2 is 2.00 bits per heavy atom. The normalized spacial score (nSPS) is 20.8. The fraction of sp³-hybridized carbons (Fsp3) is 0.375. The van der Waals surface area contributed by atoms with Crippen LogP contribution in [0, 0.1) is 5.92 Å². The third kappa shape index (κ3) is 3.67. The van der Waals surface area contributed by atoms with Crippen LogP contribution < -0.4 is 15.4 Å². The van der Waals surface area contributed by atoms with E-state index in [0.29, 0.717) is 19.4 Å². The van der Waals surface area contributed by atoms with Gasteiger partial charge in [0.1, 0.15) is 11.9 Å². The summed E-state index contributed by atoms with van der Waals surface area (Å²) in [5.74, 6) is 1.06. The molecule has 0 aliphatic carbocycles. The third-order valence-corrected chi connectivity index (χ3v) is 7.20. The molecule has 2 aliphatic rings. The molecule has 0 saturated carbocycles. The molecule has 3 heterocycles. The Labute approximate surface area is 185 Å². The van der Waals surface area contributed by atoms with Gasteiger partial charge >= 0.3 is 0 Å². The average molecular weight is 436 g/mol. The van der Waals surface area contributed by atoms with E-state index in [0.717, 1.165) is 38.3 Å². The smallest absolute Gasteiger partial charge is 0.225 e. The number of thiazole rings is 1. The predicted octanol–water partition coefficient (Wildman–Crippen LogP) is 4.49. The van der Waals surface area contributed by atoms with Crippen LogP contribution in [0.1, 0.15) is 39.2 Å². The van der Waals surface area contributed by atoms with Crippen molar-refractivity contribution in [2.45, 2.75) is 45.1 Å². The van der Waals surface area contributed by atoms with Crippen molar-refractivity contribution in [1.29, 1.82) is 0 Å². The van der Waals surface area contributed by atoms with E-state index >= 15 is 0 Å². The molecule has 2 amide bonds. The number of hydrogen-bond acceptors (Lipinski definition) is 5. The van der Waals surface area contributed by atoms with Gasteiger partial charge < -0.3 is 15.4 Å². The highest BCUT2D eigenvalue weighted by molar-refractivity contribution is 7.17. The topological polar surface area (TPSA) is 80.3 Å². The van der Waals surface area contributed by atoms with Crippen LogP contribution in [-0.2, 0) is 15.0 Å². The number of amides is 2. The zero-order valence-electron chi connectivity index (χ0n) is 17.8. The molecule has 2 N–H and O–H groups in total. The quantitative estimate of drug-likeness (QED) is 0.633. The second-order valence-electron chi connectivity index (χ2n) is 9.14. The summed E-state index contributed by atoms with van der Waals surface area (Å²) in [5.41, 5.74) is 6.52.